The molecular formula is C23H23Cl2Zr. The summed E-state index contributed by atoms with van der Waals surface area (Å²) in [5, 5.41) is 0. The van der Waals surface area contributed by atoms with Crippen molar-refractivity contribution in [3.8, 4) is 0 Å². The van der Waals surface area contributed by atoms with E-state index in [2.05, 4.69) is 86.2 Å². The molecule has 0 heterocycles. The number of benzene rings is 2. The largest absolute Gasteiger partial charge is 3.00 e. The number of allylic oxidation sites excluding steroid dienone is 2. The van der Waals surface area contributed by atoms with Gasteiger partial charge in [0.2, 0.25) is 0 Å². The van der Waals surface area contributed by atoms with Crippen molar-refractivity contribution in [1.29, 1.82) is 0 Å². The van der Waals surface area contributed by atoms with E-state index in [9.17, 15) is 0 Å². The molecule has 3 heteroatoms. The van der Waals surface area contributed by atoms with Gasteiger partial charge in [0, 0.05) is 5.92 Å². The maximum atomic E-state index is 2.57. The van der Waals surface area contributed by atoms with Crippen molar-refractivity contribution in [3.63, 3.8) is 0 Å². The van der Waals surface area contributed by atoms with E-state index in [4.69, 9.17) is 0 Å². The van der Waals surface area contributed by atoms with Crippen LogP contribution >= 0.6 is 0 Å². The Bertz CT molecular complexity index is 703. The Balaban J connectivity index is 0.00000113. The molecule has 0 spiro atoms. The van der Waals surface area contributed by atoms with Crippen molar-refractivity contribution >= 4 is 12.2 Å². The Kier molecular flexibility index (Phi) is 9.59. The van der Waals surface area contributed by atoms with Crippen molar-refractivity contribution < 1.29 is 51.0 Å². The Labute approximate surface area is 189 Å². The van der Waals surface area contributed by atoms with Crippen LogP contribution in [-0.4, -0.2) is 0 Å². The van der Waals surface area contributed by atoms with Gasteiger partial charge in [-0.15, -0.1) is 12.0 Å². The van der Waals surface area contributed by atoms with E-state index in [-0.39, 0.29) is 51.0 Å². The summed E-state index contributed by atoms with van der Waals surface area (Å²) < 4.78 is 0. The smallest absolute Gasteiger partial charge is 1.00 e. The fourth-order valence-corrected chi connectivity index (χ4v) is 3.98. The summed E-state index contributed by atoms with van der Waals surface area (Å²) in [5.74, 6) is 1.71. The molecule has 0 fully saturated rings. The molecular weight excluding hydrogens is 438 g/mol. The summed E-state index contributed by atoms with van der Waals surface area (Å²) in [6.07, 6.45) is 14.3. The second-order valence-corrected chi connectivity index (χ2v) is 6.70. The third-order valence-electron chi connectivity index (χ3n) is 5.30. The van der Waals surface area contributed by atoms with Crippen LogP contribution in [0.15, 0.2) is 60.7 Å². The van der Waals surface area contributed by atoms with E-state index in [1.54, 1.807) is 0 Å². The molecule has 2 aromatic rings. The van der Waals surface area contributed by atoms with Crippen LogP contribution < -0.4 is 24.8 Å². The number of fused-ring (bicyclic) bond motifs is 2. The second-order valence-electron chi connectivity index (χ2n) is 6.70. The molecule has 133 valence electrons. The average Bonchev–Trinajstić information content (AvgIpc) is 3.19. The molecule has 0 bridgehead atoms. The van der Waals surface area contributed by atoms with Crippen LogP contribution in [0, 0.1) is 12.3 Å². The van der Waals surface area contributed by atoms with Gasteiger partial charge in [0.25, 0.3) is 0 Å². The van der Waals surface area contributed by atoms with Crippen molar-refractivity contribution in [1.82, 2.24) is 0 Å². The second kappa shape index (κ2) is 10.6. The minimum absolute atomic E-state index is 0. The van der Waals surface area contributed by atoms with Gasteiger partial charge in [-0.2, -0.15) is 5.92 Å². The summed E-state index contributed by atoms with van der Waals surface area (Å²) in [5.41, 5.74) is 5.75. The van der Waals surface area contributed by atoms with Gasteiger partial charge < -0.3 is 31.2 Å². The summed E-state index contributed by atoms with van der Waals surface area (Å²) in [6, 6.07) is 17.6. The maximum Gasteiger partial charge on any atom is 3.00 e. The molecule has 2 aliphatic carbocycles. The van der Waals surface area contributed by atoms with Gasteiger partial charge >= 0.3 is 26.2 Å². The first-order valence-electron chi connectivity index (χ1n) is 8.74. The van der Waals surface area contributed by atoms with Gasteiger partial charge in [0.15, 0.2) is 0 Å². The fraction of sp³-hybridized carbons (Fsp3) is 0.261. The first-order valence-corrected chi connectivity index (χ1v) is 8.74. The van der Waals surface area contributed by atoms with E-state index in [0.29, 0.717) is 17.8 Å². The SMILES string of the molecule is CCC([CH-]C1C=Cc2ccccc21)CC1C=Cc2ccccc21.[Cl-].[Cl-].[Zr+3]. The predicted octanol–water partition coefficient (Wildman–Crippen LogP) is 0.234. The average molecular weight is 462 g/mol. The van der Waals surface area contributed by atoms with E-state index in [1.165, 1.54) is 35.1 Å². The molecule has 2 aliphatic rings. The number of halogens is 2. The van der Waals surface area contributed by atoms with E-state index < -0.39 is 0 Å². The van der Waals surface area contributed by atoms with Crippen molar-refractivity contribution in [2.45, 2.75) is 31.6 Å². The van der Waals surface area contributed by atoms with Crippen LogP contribution in [0.5, 0.6) is 0 Å². The normalized spacial score (nSPS) is 19.6. The van der Waals surface area contributed by atoms with Crippen LogP contribution in [0.1, 0.15) is 53.9 Å². The quantitative estimate of drug-likeness (QED) is 0.560. The fourth-order valence-electron chi connectivity index (χ4n) is 3.98. The Morgan fingerprint density at radius 3 is 2.12 bits per heavy atom. The molecule has 0 aliphatic heterocycles. The number of hydrogen-bond acceptors (Lipinski definition) is 0. The predicted molar refractivity (Wildman–Crippen MR) is 99.1 cm³/mol. The maximum absolute atomic E-state index is 2.57. The third kappa shape index (κ3) is 4.80. The molecule has 3 atom stereocenters. The van der Waals surface area contributed by atoms with Gasteiger partial charge in [-0.1, -0.05) is 92.1 Å². The van der Waals surface area contributed by atoms with Crippen LogP contribution in [0.3, 0.4) is 0 Å². The van der Waals surface area contributed by atoms with Crippen LogP contribution in [0.2, 0.25) is 0 Å². The molecule has 3 unspecified atom stereocenters. The molecule has 0 saturated carbocycles. The Morgan fingerprint density at radius 1 is 0.846 bits per heavy atom. The Hall–Kier alpha value is -0.617. The van der Waals surface area contributed by atoms with Crippen LogP contribution in [0.4, 0.5) is 0 Å². The summed E-state index contributed by atoms with van der Waals surface area (Å²) in [4.78, 5) is 0. The minimum atomic E-state index is 0. The summed E-state index contributed by atoms with van der Waals surface area (Å²) in [6.45, 7) is 2.32. The number of hydrogen-bond donors (Lipinski definition) is 0. The van der Waals surface area contributed by atoms with Crippen LogP contribution in [0.25, 0.3) is 12.2 Å². The van der Waals surface area contributed by atoms with Crippen LogP contribution in [-0.2, 0) is 26.2 Å². The number of rotatable bonds is 5. The van der Waals surface area contributed by atoms with Crippen molar-refractivity contribution in [2.24, 2.45) is 5.92 Å². The monoisotopic (exact) mass is 459 g/mol. The zero-order valence-electron chi connectivity index (χ0n) is 14.9. The van der Waals surface area contributed by atoms with Gasteiger partial charge in [0.05, 0.1) is 0 Å². The van der Waals surface area contributed by atoms with Gasteiger partial charge in [-0.25, -0.2) is 0 Å². The molecule has 0 amide bonds. The summed E-state index contributed by atoms with van der Waals surface area (Å²) in [7, 11) is 0. The first kappa shape index (κ1) is 23.4. The standard InChI is InChI=1S/C23H23.2ClH.Zr/c1-2-17(15-20-13-11-18-7-3-5-9-22(18)20)16-21-14-12-19-8-4-6-10-23(19)21;;;/h3-15,17,20-21H,2,16H2,1H3;2*1H;/q-1;;;+3/p-2. The summed E-state index contributed by atoms with van der Waals surface area (Å²) >= 11 is 0. The van der Waals surface area contributed by atoms with Crippen molar-refractivity contribution in [2.75, 3.05) is 0 Å². The molecule has 0 nitrogen and oxygen atoms in total. The minimum Gasteiger partial charge on any atom is -1.00 e. The van der Waals surface area contributed by atoms with Gasteiger partial charge in [-0.05, 0) is 16.7 Å². The first-order chi connectivity index (χ1) is 11.3. The molecule has 2 aromatic carbocycles. The topological polar surface area (TPSA) is 0 Å². The van der Waals surface area contributed by atoms with Gasteiger partial charge in [-0.3, -0.25) is 0 Å². The van der Waals surface area contributed by atoms with Crippen molar-refractivity contribution in [3.05, 3.63) is 89.4 Å². The van der Waals surface area contributed by atoms with E-state index >= 15 is 0 Å². The third-order valence-corrected chi connectivity index (χ3v) is 5.30. The molecule has 26 heavy (non-hydrogen) atoms. The zero-order chi connectivity index (χ0) is 15.6. The van der Waals surface area contributed by atoms with E-state index in [1.807, 2.05) is 0 Å². The molecule has 4 rings (SSSR count). The molecule has 1 radical (unpaired) electrons. The Morgan fingerprint density at radius 2 is 1.42 bits per heavy atom. The molecule has 0 N–H and O–H groups in total. The van der Waals surface area contributed by atoms with Gasteiger partial charge in [0.1, 0.15) is 0 Å². The zero-order valence-corrected chi connectivity index (χ0v) is 18.9. The molecule has 0 saturated heterocycles. The van der Waals surface area contributed by atoms with E-state index in [0.717, 1.165) is 0 Å². The molecule has 0 aromatic heterocycles.